The number of nitrogens with one attached hydrogen (secondary N) is 1. The van der Waals surface area contributed by atoms with Crippen molar-refractivity contribution < 1.29 is 8.91 Å². The van der Waals surface area contributed by atoms with Gasteiger partial charge in [0.15, 0.2) is 0 Å². The molecule has 0 saturated heterocycles. The fourth-order valence-corrected chi connectivity index (χ4v) is 2.44. The third-order valence-electron chi connectivity index (χ3n) is 3.35. The van der Waals surface area contributed by atoms with Gasteiger partial charge in [-0.25, -0.2) is 9.37 Å². The Bertz CT molecular complexity index is 957. The van der Waals surface area contributed by atoms with Crippen molar-refractivity contribution >= 4 is 21.9 Å². The molecule has 0 unspecified atom stereocenters. The van der Waals surface area contributed by atoms with Gasteiger partial charge in [0.2, 0.25) is 0 Å². The van der Waals surface area contributed by atoms with Gasteiger partial charge in [-0.05, 0) is 25.1 Å². The smallest absolute Gasteiger partial charge is 0.133 e. The number of fused-ring (bicyclic) bond motifs is 3. The first-order valence-electron chi connectivity index (χ1n) is 6.54. The monoisotopic (exact) mass is 282 g/mol. The average Bonchev–Trinajstić information content (AvgIpc) is 3.05. The predicted octanol–water partition coefficient (Wildman–Crippen LogP) is 3.14. The third-order valence-corrected chi connectivity index (χ3v) is 3.35. The van der Waals surface area contributed by atoms with Crippen LogP contribution in [0.2, 0.25) is 0 Å². The standard InChI is InChI=1S/C15H11FN4O/c1-8-4-10(20-21-8)6-14-18-13-7-17-12-3-2-9(16)5-11(12)15(13)19-14/h2-5,7H,6H2,1H3,(H,18,19). The first-order chi connectivity index (χ1) is 10.2. The molecule has 3 aromatic heterocycles. The molecule has 104 valence electrons. The van der Waals surface area contributed by atoms with Gasteiger partial charge in [-0.2, -0.15) is 0 Å². The molecule has 21 heavy (non-hydrogen) atoms. The lowest BCUT2D eigenvalue weighted by Crippen LogP contribution is -1.90. The number of imidazole rings is 1. The molecule has 1 N–H and O–H groups in total. The molecule has 0 aliphatic rings. The van der Waals surface area contributed by atoms with Crippen LogP contribution < -0.4 is 0 Å². The Hall–Kier alpha value is -2.76. The second-order valence-corrected chi connectivity index (χ2v) is 4.97. The van der Waals surface area contributed by atoms with Crippen molar-refractivity contribution in [2.45, 2.75) is 13.3 Å². The number of H-pyrrole nitrogens is 1. The maximum absolute atomic E-state index is 13.4. The Morgan fingerprint density at radius 2 is 2.19 bits per heavy atom. The van der Waals surface area contributed by atoms with E-state index in [0.717, 1.165) is 33.8 Å². The summed E-state index contributed by atoms with van der Waals surface area (Å²) >= 11 is 0. The topological polar surface area (TPSA) is 67.6 Å². The summed E-state index contributed by atoms with van der Waals surface area (Å²) in [4.78, 5) is 12.0. The number of aryl methyl sites for hydroxylation is 1. The summed E-state index contributed by atoms with van der Waals surface area (Å²) in [5, 5.41) is 4.65. The zero-order valence-electron chi connectivity index (χ0n) is 11.2. The third kappa shape index (κ3) is 2.05. The zero-order valence-corrected chi connectivity index (χ0v) is 11.2. The fourth-order valence-electron chi connectivity index (χ4n) is 2.44. The number of aromatic nitrogens is 4. The summed E-state index contributed by atoms with van der Waals surface area (Å²) in [6.45, 7) is 1.84. The van der Waals surface area contributed by atoms with Crippen LogP contribution in [0.15, 0.2) is 35.0 Å². The molecule has 0 atom stereocenters. The zero-order chi connectivity index (χ0) is 14.4. The molecule has 0 radical (unpaired) electrons. The number of hydrogen-bond donors (Lipinski definition) is 1. The largest absolute Gasteiger partial charge is 0.361 e. The van der Waals surface area contributed by atoms with E-state index in [4.69, 9.17) is 4.52 Å². The maximum Gasteiger partial charge on any atom is 0.133 e. The van der Waals surface area contributed by atoms with Gasteiger partial charge >= 0.3 is 0 Å². The van der Waals surface area contributed by atoms with Crippen LogP contribution in [-0.2, 0) is 6.42 Å². The minimum atomic E-state index is -0.298. The molecule has 0 saturated carbocycles. The molecule has 6 heteroatoms. The fraction of sp³-hybridized carbons (Fsp3) is 0.133. The Morgan fingerprint density at radius 1 is 1.29 bits per heavy atom. The molecule has 0 fully saturated rings. The SMILES string of the molecule is Cc1cc(Cc2nc3c(cnc4ccc(F)cc43)[nH]2)no1. The lowest BCUT2D eigenvalue weighted by molar-refractivity contribution is 0.391. The van der Waals surface area contributed by atoms with E-state index in [1.54, 1.807) is 12.3 Å². The Labute approximate surface area is 118 Å². The quantitative estimate of drug-likeness (QED) is 0.613. The van der Waals surface area contributed by atoms with Crippen LogP contribution in [0.3, 0.4) is 0 Å². The highest BCUT2D eigenvalue weighted by atomic mass is 19.1. The van der Waals surface area contributed by atoms with E-state index in [1.165, 1.54) is 12.1 Å². The van der Waals surface area contributed by atoms with Gasteiger partial charge in [0.05, 0.1) is 34.9 Å². The van der Waals surface area contributed by atoms with Crippen molar-refractivity contribution in [2.75, 3.05) is 0 Å². The number of nitrogens with zero attached hydrogens (tertiary/aromatic N) is 3. The minimum Gasteiger partial charge on any atom is -0.361 e. The van der Waals surface area contributed by atoms with Gasteiger partial charge in [0.1, 0.15) is 17.4 Å². The van der Waals surface area contributed by atoms with E-state index in [0.29, 0.717) is 11.8 Å². The normalized spacial score (nSPS) is 11.5. The molecule has 0 amide bonds. The van der Waals surface area contributed by atoms with Gasteiger partial charge in [0.25, 0.3) is 0 Å². The molecule has 1 aromatic carbocycles. The molecular formula is C15H11FN4O. The van der Waals surface area contributed by atoms with Crippen molar-refractivity contribution in [3.05, 3.63) is 53.6 Å². The Kier molecular flexibility index (Phi) is 2.50. The number of benzene rings is 1. The van der Waals surface area contributed by atoms with Crippen molar-refractivity contribution in [1.29, 1.82) is 0 Å². The molecule has 0 bridgehead atoms. The summed E-state index contributed by atoms with van der Waals surface area (Å²) < 4.78 is 18.5. The molecule has 4 rings (SSSR count). The van der Waals surface area contributed by atoms with Gasteiger partial charge in [-0.1, -0.05) is 5.16 Å². The highest BCUT2D eigenvalue weighted by Crippen LogP contribution is 2.23. The van der Waals surface area contributed by atoms with E-state index in [9.17, 15) is 4.39 Å². The van der Waals surface area contributed by atoms with Crippen molar-refractivity contribution in [2.24, 2.45) is 0 Å². The number of aromatic amines is 1. The first kappa shape index (κ1) is 12.0. The van der Waals surface area contributed by atoms with Gasteiger partial charge < -0.3 is 9.51 Å². The van der Waals surface area contributed by atoms with Gasteiger partial charge in [0, 0.05) is 11.5 Å². The molecule has 3 heterocycles. The van der Waals surface area contributed by atoms with Crippen LogP contribution in [0, 0.1) is 12.7 Å². The van der Waals surface area contributed by atoms with Gasteiger partial charge in [-0.15, -0.1) is 0 Å². The summed E-state index contributed by atoms with van der Waals surface area (Å²) in [6.07, 6.45) is 2.24. The van der Waals surface area contributed by atoms with Crippen LogP contribution in [0.1, 0.15) is 17.3 Å². The van der Waals surface area contributed by atoms with Crippen LogP contribution in [0.25, 0.3) is 21.9 Å². The maximum atomic E-state index is 13.4. The van der Waals surface area contributed by atoms with Crippen LogP contribution in [0.4, 0.5) is 4.39 Å². The molecule has 0 spiro atoms. The molecule has 0 aliphatic heterocycles. The summed E-state index contributed by atoms with van der Waals surface area (Å²) in [5.74, 6) is 1.21. The predicted molar refractivity (Wildman–Crippen MR) is 75.4 cm³/mol. The molecule has 5 nitrogen and oxygen atoms in total. The lowest BCUT2D eigenvalue weighted by atomic mass is 10.2. The van der Waals surface area contributed by atoms with Crippen LogP contribution in [0.5, 0.6) is 0 Å². The average molecular weight is 282 g/mol. The van der Waals surface area contributed by atoms with Crippen molar-refractivity contribution in [3.63, 3.8) is 0 Å². The highest BCUT2D eigenvalue weighted by molar-refractivity contribution is 6.01. The Balaban J connectivity index is 1.85. The van der Waals surface area contributed by atoms with Crippen LogP contribution in [-0.4, -0.2) is 20.1 Å². The summed E-state index contributed by atoms with van der Waals surface area (Å²) in [7, 11) is 0. The van der Waals surface area contributed by atoms with Gasteiger partial charge in [-0.3, -0.25) is 4.98 Å². The molecule has 4 aromatic rings. The van der Waals surface area contributed by atoms with Crippen molar-refractivity contribution in [1.82, 2.24) is 20.1 Å². The van der Waals surface area contributed by atoms with E-state index in [1.807, 2.05) is 13.0 Å². The molecular weight excluding hydrogens is 271 g/mol. The second-order valence-electron chi connectivity index (χ2n) is 4.97. The lowest BCUT2D eigenvalue weighted by Gasteiger charge is -1.97. The van der Waals surface area contributed by atoms with E-state index in [-0.39, 0.29) is 5.82 Å². The number of rotatable bonds is 2. The second kappa shape index (κ2) is 4.37. The van der Waals surface area contributed by atoms with E-state index in [2.05, 4.69) is 20.1 Å². The number of hydrogen-bond acceptors (Lipinski definition) is 4. The summed E-state index contributed by atoms with van der Waals surface area (Å²) in [6, 6.07) is 6.37. The highest BCUT2D eigenvalue weighted by Gasteiger charge is 2.10. The number of pyridine rings is 1. The Morgan fingerprint density at radius 3 is 3.00 bits per heavy atom. The van der Waals surface area contributed by atoms with Crippen LogP contribution >= 0.6 is 0 Å². The minimum absolute atomic E-state index is 0.298. The van der Waals surface area contributed by atoms with E-state index < -0.39 is 0 Å². The summed E-state index contributed by atoms with van der Waals surface area (Å²) in [5.41, 5.74) is 3.02. The first-order valence-corrected chi connectivity index (χ1v) is 6.54. The van der Waals surface area contributed by atoms with E-state index >= 15 is 0 Å². The molecule has 0 aliphatic carbocycles. The number of halogens is 1. The van der Waals surface area contributed by atoms with Crippen molar-refractivity contribution in [3.8, 4) is 0 Å².